The molecule has 1 N–H and O–H groups in total. The van der Waals surface area contributed by atoms with Crippen molar-refractivity contribution >= 4 is 5.71 Å². The quantitative estimate of drug-likeness (QED) is 0.299. The van der Waals surface area contributed by atoms with E-state index in [1.54, 1.807) is 0 Å². The number of rotatable bonds is 6. The maximum absolute atomic E-state index is 4.48. The minimum atomic E-state index is 0.757. The third kappa shape index (κ3) is 3.52. The number of hydrogen-bond acceptors (Lipinski definition) is 2. The fourth-order valence-electron chi connectivity index (χ4n) is 2.08. The summed E-state index contributed by atoms with van der Waals surface area (Å²) in [5.74, 6) is 0.757. The molecule has 1 saturated carbocycles. The van der Waals surface area contributed by atoms with Crippen LogP contribution in [0.5, 0.6) is 0 Å². The summed E-state index contributed by atoms with van der Waals surface area (Å²) in [6.45, 7) is 6.67. The molecule has 1 aliphatic carbocycles. The van der Waals surface area contributed by atoms with Gasteiger partial charge in [-0.05, 0) is 25.2 Å². The van der Waals surface area contributed by atoms with Gasteiger partial charge in [0.15, 0.2) is 0 Å². The summed E-state index contributed by atoms with van der Waals surface area (Å²) in [4.78, 5) is 0. The van der Waals surface area contributed by atoms with Gasteiger partial charge >= 0.3 is 0 Å². The highest BCUT2D eigenvalue weighted by molar-refractivity contribution is 5.86. The van der Waals surface area contributed by atoms with Crippen LogP contribution in [-0.2, 0) is 0 Å². The SMILES string of the molecule is C=CCN/N=C(\CCC)C1CCCC1. The lowest BCUT2D eigenvalue weighted by molar-refractivity contribution is 0.682. The molecule has 0 aromatic heterocycles. The number of hydrazone groups is 1. The maximum Gasteiger partial charge on any atom is 0.0507 e. The highest BCUT2D eigenvalue weighted by Crippen LogP contribution is 2.27. The van der Waals surface area contributed by atoms with Gasteiger partial charge in [-0.1, -0.05) is 32.3 Å². The Kier molecular flexibility index (Phi) is 5.35. The fourth-order valence-corrected chi connectivity index (χ4v) is 2.08. The predicted octanol–water partition coefficient (Wildman–Crippen LogP) is 3.11. The molecule has 1 aliphatic rings. The molecule has 0 aliphatic heterocycles. The smallest absolute Gasteiger partial charge is 0.0507 e. The molecule has 0 aromatic rings. The standard InChI is InChI=1S/C12H22N2/c1-3-7-12(14-13-10-4-2)11-8-5-6-9-11/h4,11,13H,2-3,5-10H2,1H3/b14-12+. The molecule has 2 nitrogen and oxygen atoms in total. The van der Waals surface area contributed by atoms with Crippen molar-refractivity contribution in [2.24, 2.45) is 11.0 Å². The van der Waals surface area contributed by atoms with Crippen molar-refractivity contribution in [2.75, 3.05) is 6.54 Å². The van der Waals surface area contributed by atoms with Crippen LogP contribution in [0.1, 0.15) is 45.4 Å². The van der Waals surface area contributed by atoms with E-state index < -0.39 is 0 Å². The van der Waals surface area contributed by atoms with Gasteiger partial charge < -0.3 is 5.43 Å². The molecule has 0 amide bonds. The average molecular weight is 194 g/mol. The van der Waals surface area contributed by atoms with Crippen LogP contribution in [0.15, 0.2) is 17.8 Å². The molecule has 0 unspecified atom stereocenters. The van der Waals surface area contributed by atoms with Gasteiger partial charge in [0.1, 0.15) is 0 Å². The van der Waals surface area contributed by atoms with Crippen molar-refractivity contribution < 1.29 is 0 Å². The molecule has 1 rings (SSSR count). The Hall–Kier alpha value is -0.790. The lowest BCUT2D eigenvalue weighted by atomic mass is 9.98. The molecular formula is C12H22N2. The second-order valence-corrected chi connectivity index (χ2v) is 3.99. The van der Waals surface area contributed by atoms with E-state index in [4.69, 9.17) is 0 Å². The van der Waals surface area contributed by atoms with Gasteiger partial charge in [0.05, 0.1) is 6.54 Å². The highest BCUT2D eigenvalue weighted by atomic mass is 15.3. The van der Waals surface area contributed by atoms with Crippen molar-refractivity contribution in [3.05, 3.63) is 12.7 Å². The van der Waals surface area contributed by atoms with Crippen molar-refractivity contribution in [1.29, 1.82) is 0 Å². The summed E-state index contributed by atoms with van der Waals surface area (Å²) in [6.07, 6.45) is 9.65. The summed E-state index contributed by atoms with van der Waals surface area (Å²) in [7, 11) is 0. The zero-order chi connectivity index (χ0) is 10.2. The summed E-state index contributed by atoms with van der Waals surface area (Å²) in [5, 5.41) is 4.48. The van der Waals surface area contributed by atoms with Crippen LogP contribution >= 0.6 is 0 Å². The maximum atomic E-state index is 4.48. The summed E-state index contributed by atoms with van der Waals surface area (Å²) < 4.78 is 0. The first-order chi connectivity index (χ1) is 6.88. The van der Waals surface area contributed by atoms with Crippen LogP contribution in [0.4, 0.5) is 0 Å². The first-order valence-corrected chi connectivity index (χ1v) is 5.78. The van der Waals surface area contributed by atoms with Crippen LogP contribution in [0.2, 0.25) is 0 Å². The third-order valence-corrected chi connectivity index (χ3v) is 2.79. The fraction of sp³-hybridized carbons (Fsp3) is 0.750. The normalized spacial score (nSPS) is 18.5. The largest absolute Gasteiger partial charge is 0.306 e. The molecule has 0 spiro atoms. The van der Waals surface area contributed by atoms with Gasteiger partial charge in [-0.3, -0.25) is 0 Å². The lowest BCUT2D eigenvalue weighted by Gasteiger charge is -2.12. The average Bonchev–Trinajstić information content (AvgIpc) is 2.70. The van der Waals surface area contributed by atoms with E-state index in [1.807, 2.05) is 6.08 Å². The Bertz CT molecular complexity index is 190. The van der Waals surface area contributed by atoms with E-state index in [0.29, 0.717) is 0 Å². The molecule has 80 valence electrons. The monoisotopic (exact) mass is 194 g/mol. The highest BCUT2D eigenvalue weighted by Gasteiger charge is 2.19. The number of hydrogen-bond donors (Lipinski definition) is 1. The lowest BCUT2D eigenvalue weighted by Crippen LogP contribution is -2.16. The van der Waals surface area contributed by atoms with Gasteiger partial charge in [-0.2, -0.15) is 5.10 Å². The van der Waals surface area contributed by atoms with E-state index in [2.05, 4.69) is 24.0 Å². The minimum Gasteiger partial charge on any atom is -0.306 e. The molecule has 0 bridgehead atoms. The molecule has 14 heavy (non-hydrogen) atoms. The zero-order valence-corrected chi connectivity index (χ0v) is 9.26. The van der Waals surface area contributed by atoms with Gasteiger partial charge in [0.2, 0.25) is 0 Å². The summed E-state index contributed by atoms with van der Waals surface area (Å²) in [6, 6.07) is 0. The van der Waals surface area contributed by atoms with Crippen molar-refractivity contribution in [2.45, 2.75) is 45.4 Å². The number of nitrogens with zero attached hydrogens (tertiary/aromatic N) is 1. The third-order valence-electron chi connectivity index (χ3n) is 2.79. The zero-order valence-electron chi connectivity index (χ0n) is 9.26. The van der Waals surface area contributed by atoms with Gasteiger partial charge in [0.25, 0.3) is 0 Å². The molecule has 0 aromatic carbocycles. The van der Waals surface area contributed by atoms with Gasteiger partial charge in [-0.15, -0.1) is 6.58 Å². The van der Waals surface area contributed by atoms with Crippen LogP contribution in [0, 0.1) is 5.92 Å². The Morgan fingerprint density at radius 1 is 1.50 bits per heavy atom. The van der Waals surface area contributed by atoms with Crippen LogP contribution in [0.3, 0.4) is 0 Å². The second kappa shape index (κ2) is 6.63. The van der Waals surface area contributed by atoms with Gasteiger partial charge in [0, 0.05) is 5.71 Å². The van der Waals surface area contributed by atoms with E-state index in [-0.39, 0.29) is 0 Å². The molecule has 1 fully saturated rings. The van der Waals surface area contributed by atoms with E-state index in [9.17, 15) is 0 Å². The number of nitrogens with one attached hydrogen (secondary N) is 1. The van der Waals surface area contributed by atoms with Gasteiger partial charge in [-0.25, -0.2) is 0 Å². The van der Waals surface area contributed by atoms with Crippen molar-refractivity contribution in [3.63, 3.8) is 0 Å². The molecule has 0 saturated heterocycles. The topological polar surface area (TPSA) is 24.4 Å². The van der Waals surface area contributed by atoms with Crippen LogP contribution in [0.25, 0.3) is 0 Å². The Balaban J connectivity index is 2.43. The minimum absolute atomic E-state index is 0.757. The molecule has 0 atom stereocenters. The first kappa shape index (κ1) is 11.3. The first-order valence-electron chi connectivity index (χ1n) is 5.78. The van der Waals surface area contributed by atoms with Crippen LogP contribution < -0.4 is 5.43 Å². The summed E-state index contributed by atoms with van der Waals surface area (Å²) in [5.41, 5.74) is 4.45. The van der Waals surface area contributed by atoms with E-state index >= 15 is 0 Å². The Morgan fingerprint density at radius 2 is 2.21 bits per heavy atom. The van der Waals surface area contributed by atoms with Crippen LogP contribution in [-0.4, -0.2) is 12.3 Å². The molecule has 0 radical (unpaired) electrons. The Morgan fingerprint density at radius 3 is 2.79 bits per heavy atom. The Labute approximate surface area is 87.5 Å². The van der Waals surface area contributed by atoms with E-state index in [0.717, 1.165) is 18.9 Å². The van der Waals surface area contributed by atoms with Crippen molar-refractivity contribution in [3.8, 4) is 0 Å². The predicted molar refractivity (Wildman–Crippen MR) is 62.5 cm³/mol. The van der Waals surface area contributed by atoms with E-state index in [1.165, 1.54) is 37.8 Å². The summed E-state index contributed by atoms with van der Waals surface area (Å²) >= 11 is 0. The molecule has 2 heteroatoms. The van der Waals surface area contributed by atoms with Crippen molar-refractivity contribution in [1.82, 2.24) is 5.43 Å². The molecular weight excluding hydrogens is 172 g/mol. The second-order valence-electron chi connectivity index (χ2n) is 3.99. The molecule has 0 heterocycles.